The number of hydrogen-bond acceptors (Lipinski definition) is 10. The molecule has 0 unspecified atom stereocenters. The summed E-state index contributed by atoms with van der Waals surface area (Å²) in [6.45, 7) is -0.783. The van der Waals surface area contributed by atoms with Crippen LogP contribution in [0.3, 0.4) is 0 Å². The number of rotatable bonds is 16. The number of benzene rings is 6. The van der Waals surface area contributed by atoms with E-state index in [1.165, 1.54) is 37.4 Å². The van der Waals surface area contributed by atoms with Gasteiger partial charge in [-0.3, -0.25) is 38.1 Å². The predicted octanol–water partition coefficient (Wildman–Crippen LogP) is 6.91. The number of carbonyl (C=O) groups excluding carboxylic acids is 6. The minimum atomic E-state index is -1.48. The Kier molecular flexibility index (Phi) is 18.0. The number of primary amides is 2. The van der Waals surface area contributed by atoms with E-state index in [9.17, 15) is 33.2 Å². The van der Waals surface area contributed by atoms with Crippen molar-refractivity contribution in [3.05, 3.63) is 171 Å². The first-order valence-corrected chi connectivity index (χ1v) is 25.7. The number of halogens is 5. The summed E-state index contributed by atoms with van der Waals surface area (Å²) in [6, 6.07) is 36.5. The fourth-order valence-electron chi connectivity index (χ4n) is 8.40. The van der Waals surface area contributed by atoms with Crippen molar-refractivity contribution < 1.29 is 47.6 Å². The zero-order valence-electron chi connectivity index (χ0n) is 41.2. The second-order valence-corrected chi connectivity index (χ2v) is 19.7. The summed E-state index contributed by atoms with van der Waals surface area (Å²) in [6.07, 6.45) is 3.11. The lowest BCUT2D eigenvalue weighted by Gasteiger charge is -2.22. The van der Waals surface area contributed by atoms with Crippen LogP contribution in [-0.2, 0) is 32.3 Å². The summed E-state index contributed by atoms with van der Waals surface area (Å²) in [7, 11) is -1.48. The molecule has 0 atom stereocenters. The Bertz CT molecular complexity index is 3600. The van der Waals surface area contributed by atoms with Gasteiger partial charge in [-0.25, -0.2) is 8.78 Å². The van der Waals surface area contributed by atoms with Gasteiger partial charge in [-0.1, -0.05) is 114 Å². The molecular formula is C54H48BBrCl2F2N10O8. The first-order chi connectivity index (χ1) is 37.4. The maximum atomic E-state index is 15.3. The molecule has 24 heteroatoms. The normalized spacial score (nSPS) is 12.6. The minimum absolute atomic E-state index is 0.00483. The molecule has 8 N–H and O–H groups in total. The van der Waals surface area contributed by atoms with E-state index in [1.54, 1.807) is 115 Å². The largest absolute Gasteiger partial charge is 0.489 e. The summed E-state index contributed by atoms with van der Waals surface area (Å²) in [5.74, 6) is -4.26. The van der Waals surface area contributed by atoms with Crippen LogP contribution in [0.4, 0.5) is 20.2 Å². The molecule has 2 heterocycles. The van der Waals surface area contributed by atoms with Gasteiger partial charge in [0.1, 0.15) is 26.2 Å². The fourth-order valence-corrected chi connectivity index (χ4v) is 9.24. The highest BCUT2D eigenvalue weighted by Gasteiger charge is 2.36. The van der Waals surface area contributed by atoms with E-state index in [2.05, 4.69) is 36.8 Å². The molecule has 8 aromatic rings. The number of anilines is 2. The molecule has 2 aromatic heterocycles. The lowest BCUT2D eigenvalue weighted by molar-refractivity contribution is -0.136. The van der Waals surface area contributed by atoms with E-state index in [0.717, 1.165) is 25.7 Å². The molecule has 6 amide bonds. The maximum absolute atomic E-state index is 15.3. The standard InChI is InChI=1S/C27H23ClFN5O3.C21H19BrFN5O3.C6H6BClO2/c28-20-9-3-1-6-17(20)18-8-5-10-21(25(18)29)31-23(35)14-33(16-12-13-16)24(36)15-34-22-11-4-2-7-19(22)26(32-34)27(30)37;22-14-5-3-6-15(19(14)23)25-17(29)10-27(12-8-9-12)18(30)11-28-16-7-2-1-4-13(16)20(26-28)21(24)31;8-6-4-2-1-3-5(6)7(9)10/h1-11,16H,12-15H2,(H2,30,37)(H,31,35);1-7,12H,8-11H2,(H2,24,31)(H,25,29);1-4,9-10H. The SMILES string of the molecule is NC(=O)c1nn(CC(=O)N(CC(=O)Nc2cccc(-c3ccccc3Cl)c2F)C2CC2)c2ccccc12.NC(=O)c1nn(CC(=O)N(CC(=O)Nc2cccc(Br)c2F)C2CC2)c2ccccc12.OB(O)c1ccccc1Cl. The Balaban J connectivity index is 0.000000177. The number of amides is 6. The molecule has 0 spiro atoms. The average Bonchev–Trinajstić information content (AvgIpc) is 4.40. The molecule has 2 saturated carbocycles. The maximum Gasteiger partial charge on any atom is 0.489 e. The van der Waals surface area contributed by atoms with E-state index in [-0.39, 0.29) is 82.9 Å². The molecule has 400 valence electrons. The molecule has 2 aliphatic rings. The van der Waals surface area contributed by atoms with Gasteiger partial charge in [0.2, 0.25) is 23.6 Å². The monoisotopic (exact) mass is 1160 g/mol. The van der Waals surface area contributed by atoms with Crippen LogP contribution in [0.2, 0.25) is 10.0 Å². The summed E-state index contributed by atoms with van der Waals surface area (Å²) < 4.78 is 32.5. The number of nitrogens with one attached hydrogen (secondary N) is 2. The van der Waals surface area contributed by atoms with Gasteiger partial charge in [-0.15, -0.1) is 0 Å². The van der Waals surface area contributed by atoms with E-state index in [4.69, 9.17) is 44.7 Å². The van der Waals surface area contributed by atoms with Crippen molar-refractivity contribution in [1.82, 2.24) is 29.4 Å². The Morgan fingerprint density at radius 2 is 1.01 bits per heavy atom. The molecule has 10 rings (SSSR count). The lowest BCUT2D eigenvalue weighted by atomic mass is 9.80. The number of hydrogen-bond donors (Lipinski definition) is 6. The van der Waals surface area contributed by atoms with Crippen molar-refractivity contribution in [3.8, 4) is 11.1 Å². The van der Waals surface area contributed by atoms with Gasteiger partial charge in [-0.05, 0) is 84.1 Å². The van der Waals surface area contributed by atoms with Crippen molar-refractivity contribution >= 4 is 120 Å². The summed E-state index contributed by atoms with van der Waals surface area (Å²) >= 11 is 14.9. The van der Waals surface area contributed by atoms with Gasteiger partial charge in [0.15, 0.2) is 23.0 Å². The summed E-state index contributed by atoms with van der Waals surface area (Å²) in [5, 5.41) is 32.7. The third-order valence-electron chi connectivity index (χ3n) is 12.4. The lowest BCUT2D eigenvalue weighted by Crippen LogP contribution is -2.41. The second-order valence-electron chi connectivity index (χ2n) is 18.0. The molecular weight excluding hydrogens is 1120 g/mol. The topological polar surface area (TPSA) is 261 Å². The van der Waals surface area contributed by atoms with Gasteiger partial charge in [0.25, 0.3) is 11.8 Å². The molecule has 0 saturated heterocycles. The summed E-state index contributed by atoms with van der Waals surface area (Å²) in [5.41, 5.74) is 13.3. The Hall–Kier alpha value is -8.02. The smallest absolute Gasteiger partial charge is 0.423 e. The van der Waals surface area contributed by atoms with Crippen LogP contribution < -0.4 is 27.6 Å². The number of nitrogens with two attached hydrogens (primary N) is 2. The number of nitrogens with zero attached hydrogens (tertiary/aromatic N) is 6. The predicted molar refractivity (Wildman–Crippen MR) is 295 cm³/mol. The van der Waals surface area contributed by atoms with Gasteiger partial charge in [0, 0.05) is 49.5 Å². The molecule has 0 radical (unpaired) electrons. The summed E-state index contributed by atoms with van der Waals surface area (Å²) in [4.78, 5) is 78.1. The Labute approximate surface area is 463 Å². The van der Waals surface area contributed by atoms with Crippen molar-refractivity contribution in [1.29, 1.82) is 0 Å². The number of para-hydroxylation sites is 2. The minimum Gasteiger partial charge on any atom is -0.423 e. The zero-order chi connectivity index (χ0) is 55.8. The van der Waals surface area contributed by atoms with Crippen LogP contribution in [0.15, 0.2) is 138 Å². The van der Waals surface area contributed by atoms with Crippen LogP contribution >= 0.6 is 39.1 Å². The van der Waals surface area contributed by atoms with Crippen molar-refractivity contribution in [2.24, 2.45) is 11.5 Å². The average molecular weight is 1160 g/mol. The van der Waals surface area contributed by atoms with Crippen LogP contribution in [0.5, 0.6) is 0 Å². The number of aromatic nitrogens is 4. The van der Waals surface area contributed by atoms with Gasteiger partial charge in [-0.2, -0.15) is 10.2 Å². The van der Waals surface area contributed by atoms with Crippen molar-refractivity contribution in [3.63, 3.8) is 0 Å². The second kappa shape index (κ2) is 25.0. The zero-order valence-corrected chi connectivity index (χ0v) is 44.3. The Morgan fingerprint density at radius 1 is 0.590 bits per heavy atom. The fraction of sp³-hybridized carbons (Fsp3) is 0.185. The highest BCUT2D eigenvalue weighted by Crippen LogP contribution is 2.34. The molecule has 2 aliphatic carbocycles. The van der Waals surface area contributed by atoms with E-state index < -0.39 is 42.4 Å². The first-order valence-electron chi connectivity index (χ1n) is 24.2. The van der Waals surface area contributed by atoms with E-state index in [0.29, 0.717) is 42.9 Å². The molecule has 18 nitrogen and oxygen atoms in total. The van der Waals surface area contributed by atoms with Crippen LogP contribution in [0.25, 0.3) is 32.9 Å². The van der Waals surface area contributed by atoms with Gasteiger partial charge >= 0.3 is 7.12 Å². The molecule has 0 bridgehead atoms. The van der Waals surface area contributed by atoms with Crippen LogP contribution in [0, 0.1) is 11.6 Å². The van der Waals surface area contributed by atoms with Gasteiger partial charge in [0.05, 0.1) is 26.9 Å². The molecule has 78 heavy (non-hydrogen) atoms. The third-order valence-corrected chi connectivity index (χ3v) is 13.7. The molecule has 6 aromatic carbocycles. The molecule has 0 aliphatic heterocycles. The Morgan fingerprint density at radius 3 is 1.46 bits per heavy atom. The first kappa shape index (κ1) is 56.2. The number of fused-ring (bicyclic) bond motifs is 2. The van der Waals surface area contributed by atoms with E-state index >= 15 is 4.39 Å². The molecule has 2 fully saturated rings. The van der Waals surface area contributed by atoms with Gasteiger partial charge < -0.3 is 41.9 Å². The van der Waals surface area contributed by atoms with Crippen molar-refractivity contribution in [2.45, 2.75) is 50.9 Å². The van der Waals surface area contributed by atoms with E-state index in [1.807, 2.05) is 0 Å². The van der Waals surface area contributed by atoms with Crippen molar-refractivity contribution in [2.75, 3.05) is 23.7 Å². The number of carbonyl (C=O) groups is 6. The van der Waals surface area contributed by atoms with Crippen LogP contribution in [-0.4, -0.2) is 107 Å². The van der Waals surface area contributed by atoms with Crippen LogP contribution in [0.1, 0.15) is 46.7 Å². The third kappa shape index (κ3) is 13.6. The highest BCUT2D eigenvalue weighted by atomic mass is 79.9. The highest BCUT2D eigenvalue weighted by molar-refractivity contribution is 9.10. The quantitative estimate of drug-likeness (QED) is 0.0545.